The van der Waals surface area contributed by atoms with Crippen molar-refractivity contribution in [3.63, 3.8) is 0 Å². The van der Waals surface area contributed by atoms with Gasteiger partial charge in [-0.1, -0.05) is 64.5 Å². The fourth-order valence-electron chi connectivity index (χ4n) is 3.92. The summed E-state index contributed by atoms with van der Waals surface area (Å²) < 4.78 is 6.10. The van der Waals surface area contributed by atoms with Crippen LogP contribution in [0.1, 0.15) is 30.4 Å². The molecule has 1 atom stereocenters. The van der Waals surface area contributed by atoms with Crippen molar-refractivity contribution < 1.29 is 4.74 Å². The average Bonchev–Trinajstić information content (AvgIpc) is 2.64. The van der Waals surface area contributed by atoms with Crippen molar-refractivity contribution in [2.75, 3.05) is 11.9 Å². The lowest BCUT2D eigenvalue weighted by molar-refractivity contribution is 0.0427. The Morgan fingerprint density at radius 2 is 1.79 bits per heavy atom. The molecule has 4 rings (SSSR count). The van der Waals surface area contributed by atoms with Crippen LogP contribution in [0.3, 0.4) is 0 Å². The Morgan fingerprint density at radius 3 is 2.71 bits per heavy atom. The Bertz CT molecular complexity index is 855. The molecule has 0 saturated carbocycles. The Labute approximate surface area is 152 Å². The van der Waals surface area contributed by atoms with E-state index in [4.69, 9.17) is 4.74 Å². The lowest BCUT2D eigenvalue weighted by Crippen LogP contribution is -2.23. The highest BCUT2D eigenvalue weighted by Gasteiger charge is 2.21. The van der Waals surface area contributed by atoms with Gasteiger partial charge in [-0.15, -0.1) is 0 Å². The summed E-state index contributed by atoms with van der Waals surface area (Å²) in [5, 5.41) is 6.59. The van der Waals surface area contributed by atoms with E-state index in [9.17, 15) is 0 Å². The van der Waals surface area contributed by atoms with Gasteiger partial charge >= 0.3 is 0 Å². The molecule has 0 aliphatic heterocycles. The predicted octanol–water partition coefficient (Wildman–Crippen LogP) is 6.04. The fraction of sp³-hybridized carbons (Fsp3) is 0.364. The van der Waals surface area contributed by atoms with Gasteiger partial charge in [0.1, 0.15) is 0 Å². The fourth-order valence-corrected chi connectivity index (χ4v) is 4.32. The van der Waals surface area contributed by atoms with Gasteiger partial charge in [0.2, 0.25) is 0 Å². The molecule has 0 aromatic heterocycles. The first kappa shape index (κ1) is 16.1. The zero-order valence-electron chi connectivity index (χ0n) is 13.9. The Balaban J connectivity index is 1.61. The second-order valence-corrected chi connectivity index (χ2v) is 7.51. The molecule has 0 bridgehead atoms. The largest absolute Gasteiger partial charge is 0.378 e. The number of hydrogen-bond donors (Lipinski definition) is 0. The third kappa shape index (κ3) is 3.10. The molecule has 3 aromatic rings. The summed E-state index contributed by atoms with van der Waals surface area (Å²) in [6.45, 7) is 0.893. The molecule has 0 fully saturated rings. The van der Waals surface area contributed by atoms with Gasteiger partial charge in [0.05, 0.1) is 6.10 Å². The van der Waals surface area contributed by atoms with Gasteiger partial charge in [-0.2, -0.15) is 0 Å². The molecular weight excluding hydrogens is 360 g/mol. The van der Waals surface area contributed by atoms with Crippen molar-refractivity contribution in [2.45, 2.75) is 38.2 Å². The monoisotopic (exact) mass is 382 g/mol. The molecule has 0 radical (unpaired) electrons. The highest BCUT2D eigenvalue weighted by atomic mass is 79.9. The van der Waals surface area contributed by atoms with E-state index < -0.39 is 0 Å². The number of fused-ring (bicyclic) bond motifs is 5. The smallest absolute Gasteiger partial charge is 0.0618 e. The maximum atomic E-state index is 6.10. The molecule has 24 heavy (non-hydrogen) atoms. The highest BCUT2D eigenvalue weighted by molar-refractivity contribution is 9.09. The van der Waals surface area contributed by atoms with E-state index in [1.165, 1.54) is 33.5 Å². The Hall–Kier alpha value is -1.38. The van der Waals surface area contributed by atoms with Crippen LogP contribution < -0.4 is 0 Å². The number of alkyl halides is 1. The van der Waals surface area contributed by atoms with Crippen LogP contribution in [0.15, 0.2) is 48.5 Å². The standard InChI is InChI=1S/C22H23BrO/c23-13-3-4-14-24-18-9-12-20-17(15-18)8-11-21-19-6-2-1-5-16(19)7-10-22(20)21/h1-2,5-8,10-11,18H,3-4,9,12-15H2. The van der Waals surface area contributed by atoms with E-state index in [2.05, 4.69) is 64.5 Å². The minimum atomic E-state index is 0.394. The molecule has 0 saturated heterocycles. The first-order valence-electron chi connectivity index (χ1n) is 8.96. The Kier molecular flexibility index (Phi) is 4.86. The number of ether oxygens (including phenoxy) is 1. The van der Waals surface area contributed by atoms with Crippen molar-refractivity contribution in [1.82, 2.24) is 0 Å². The van der Waals surface area contributed by atoms with Crippen LogP contribution in [0.5, 0.6) is 0 Å². The molecule has 1 unspecified atom stereocenters. The molecule has 0 heterocycles. The van der Waals surface area contributed by atoms with Gasteiger partial charge in [-0.25, -0.2) is 0 Å². The minimum absolute atomic E-state index is 0.394. The first-order valence-corrected chi connectivity index (χ1v) is 10.1. The molecule has 124 valence electrons. The second kappa shape index (κ2) is 7.25. The summed E-state index contributed by atoms with van der Waals surface area (Å²) in [6.07, 6.45) is 6.08. The van der Waals surface area contributed by atoms with Crippen LogP contribution in [0.2, 0.25) is 0 Å². The molecule has 2 heteroatoms. The molecule has 0 amide bonds. The van der Waals surface area contributed by atoms with Crippen molar-refractivity contribution in [3.05, 3.63) is 59.7 Å². The van der Waals surface area contributed by atoms with E-state index in [0.29, 0.717) is 6.10 Å². The number of unbranched alkanes of at least 4 members (excludes halogenated alkanes) is 1. The first-order chi connectivity index (χ1) is 11.9. The molecule has 0 N–H and O–H groups in total. The van der Waals surface area contributed by atoms with Crippen LogP contribution in [0, 0.1) is 0 Å². The summed E-state index contributed by atoms with van der Waals surface area (Å²) in [7, 11) is 0. The topological polar surface area (TPSA) is 9.23 Å². The molecule has 1 aliphatic rings. The van der Waals surface area contributed by atoms with Crippen LogP contribution in [-0.2, 0) is 17.6 Å². The number of hydrogen-bond acceptors (Lipinski definition) is 1. The number of benzene rings is 3. The average molecular weight is 383 g/mol. The van der Waals surface area contributed by atoms with Gasteiger partial charge < -0.3 is 4.74 Å². The molecule has 1 aliphatic carbocycles. The van der Waals surface area contributed by atoms with E-state index >= 15 is 0 Å². The maximum Gasteiger partial charge on any atom is 0.0618 e. The molecule has 3 aromatic carbocycles. The van der Waals surface area contributed by atoms with Crippen LogP contribution in [0.25, 0.3) is 21.5 Å². The van der Waals surface area contributed by atoms with Gasteiger partial charge in [0.25, 0.3) is 0 Å². The van der Waals surface area contributed by atoms with Gasteiger partial charge in [-0.3, -0.25) is 0 Å². The van der Waals surface area contributed by atoms with Crippen molar-refractivity contribution in [2.24, 2.45) is 0 Å². The van der Waals surface area contributed by atoms with Crippen molar-refractivity contribution >= 4 is 37.5 Å². The highest BCUT2D eigenvalue weighted by Crippen LogP contribution is 2.33. The zero-order valence-corrected chi connectivity index (χ0v) is 15.5. The zero-order chi connectivity index (χ0) is 16.4. The Morgan fingerprint density at radius 1 is 0.917 bits per heavy atom. The van der Waals surface area contributed by atoms with Crippen LogP contribution in [-0.4, -0.2) is 18.0 Å². The second-order valence-electron chi connectivity index (χ2n) is 6.72. The number of rotatable bonds is 5. The predicted molar refractivity (Wildman–Crippen MR) is 106 cm³/mol. The van der Waals surface area contributed by atoms with E-state index in [1.807, 2.05) is 0 Å². The quantitative estimate of drug-likeness (QED) is 0.296. The van der Waals surface area contributed by atoms with Crippen LogP contribution >= 0.6 is 15.9 Å². The van der Waals surface area contributed by atoms with Crippen LogP contribution in [0.4, 0.5) is 0 Å². The van der Waals surface area contributed by atoms with Gasteiger partial charge in [-0.05, 0) is 64.8 Å². The normalized spacial score (nSPS) is 17.3. The van der Waals surface area contributed by atoms with Gasteiger partial charge in [0, 0.05) is 11.9 Å². The van der Waals surface area contributed by atoms with E-state index in [0.717, 1.165) is 37.6 Å². The number of halogens is 1. The van der Waals surface area contributed by atoms with Gasteiger partial charge in [0.15, 0.2) is 0 Å². The third-order valence-corrected chi connectivity index (χ3v) is 5.74. The lowest BCUT2D eigenvalue weighted by atomic mass is 9.85. The van der Waals surface area contributed by atoms with Crippen molar-refractivity contribution in [1.29, 1.82) is 0 Å². The van der Waals surface area contributed by atoms with E-state index in [-0.39, 0.29) is 0 Å². The maximum absolute atomic E-state index is 6.10. The number of aryl methyl sites for hydroxylation is 1. The molecular formula is C22H23BrO. The molecule has 1 nitrogen and oxygen atoms in total. The summed E-state index contributed by atoms with van der Waals surface area (Å²) in [4.78, 5) is 0. The summed E-state index contributed by atoms with van der Waals surface area (Å²) >= 11 is 3.48. The minimum Gasteiger partial charge on any atom is -0.378 e. The summed E-state index contributed by atoms with van der Waals surface area (Å²) in [6, 6.07) is 17.9. The molecule has 0 spiro atoms. The lowest BCUT2D eigenvalue weighted by Gasteiger charge is -2.26. The summed E-state index contributed by atoms with van der Waals surface area (Å²) in [5.41, 5.74) is 3.02. The SMILES string of the molecule is BrCCCCOC1CCc2c(ccc3c2ccc2ccccc23)C1. The summed E-state index contributed by atoms with van der Waals surface area (Å²) in [5.74, 6) is 0. The van der Waals surface area contributed by atoms with E-state index in [1.54, 1.807) is 5.56 Å². The van der Waals surface area contributed by atoms with Crippen molar-refractivity contribution in [3.8, 4) is 0 Å². The third-order valence-electron chi connectivity index (χ3n) is 5.18.